The van der Waals surface area contributed by atoms with Crippen molar-refractivity contribution < 1.29 is 27.1 Å². The van der Waals surface area contributed by atoms with Gasteiger partial charge in [-0.15, -0.1) is 90.7 Å². The molecule has 30 heteroatoms. The van der Waals surface area contributed by atoms with Gasteiger partial charge in [0, 0.05) is 110 Å². The lowest BCUT2D eigenvalue weighted by molar-refractivity contribution is 0.0977. The number of aromatic nitrogens is 8. The number of pyridine rings is 4. The summed E-state index contributed by atoms with van der Waals surface area (Å²) >= 11 is 12.4. The maximum absolute atomic E-state index is 15.0. The van der Waals surface area contributed by atoms with E-state index in [2.05, 4.69) is 153 Å². The maximum atomic E-state index is 15.0. The van der Waals surface area contributed by atoms with Crippen LogP contribution in [0.2, 0.25) is 0 Å². The van der Waals surface area contributed by atoms with Crippen molar-refractivity contribution in [1.29, 1.82) is 0 Å². The Morgan fingerprint density at radius 1 is 0.458 bits per heavy atom. The van der Waals surface area contributed by atoms with E-state index in [1.807, 2.05) is 85.8 Å². The highest BCUT2D eigenvalue weighted by Gasteiger charge is 2.34. The Hall–Kier alpha value is -10.6. The van der Waals surface area contributed by atoms with E-state index in [1.165, 1.54) is 77.5 Å². The normalized spacial score (nSPS) is 17.5. The van der Waals surface area contributed by atoms with Crippen LogP contribution in [0.5, 0.6) is 0 Å². The van der Waals surface area contributed by atoms with Gasteiger partial charge in [0.1, 0.15) is 48.0 Å². The summed E-state index contributed by atoms with van der Waals surface area (Å²) in [6.07, 6.45) is 14.5. The number of nitrogens with one attached hydrogen (secondary N) is 5. The van der Waals surface area contributed by atoms with E-state index in [9.17, 15) is 22.4 Å². The van der Waals surface area contributed by atoms with Crippen LogP contribution in [0.1, 0.15) is 79.0 Å². The maximum Gasteiger partial charge on any atom is 0.410 e. The first-order valence-electron chi connectivity index (χ1n) is 38.6. The lowest BCUT2D eigenvalue weighted by atomic mass is 9.99. The molecule has 1 fully saturated rings. The van der Waals surface area contributed by atoms with E-state index >= 15 is 0 Å². The van der Waals surface area contributed by atoms with Crippen LogP contribution in [0, 0.1) is 23.3 Å². The average Bonchev–Trinajstić information content (AvgIpc) is 1.62. The van der Waals surface area contributed by atoms with Crippen LogP contribution in [0.15, 0.2) is 192 Å². The summed E-state index contributed by atoms with van der Waals surface area (Å²) in [5.41, 5.74) is 18.0. The molecule has 4 aliphatic heterocycles. The number of fused-ring (bicyclic) bond motifs is 8. The van der Waals surface area contributed by atoms with Crippen molar-refractivity contribution in [1.82, 2.24) is 59.9 Å². The standard InChI is InChI=1S/C27H21FN4O2S2.C21H21FN4S2.C21H19FN4S2.C19H15FN4S2/c1-16-18(10-12-32(16)27(33)34-14-17-5-3-2-4-6-17)23-13-19-20(9-11-29-26(19)36-23)31-21-7-8-22-25(24(21)28)30-15-35-22;2*1-3-26-9-7-13(12(26)2)18-10-14-15(6-8-23-21(14)28-18)25-16-4-5-17-20(19(16)22)24-11-27-17;1-10-11(4-6-21-10)16-8-12-13(5-7-22-19(12)26-16)24-14-2-3-15-18(17(14)20)23-9-25-15/h2-11,13,15-16H,12,14H2,1H3,(H,29,31);4-6,8,10-13H,3,7,9H2,1-2H3,(H,23,25);4-8,10-12H,3,9H2,1-2H3,(H,23,25);2-5,7-10,21H,6H2,1H3,(H,22,24). The van der Waals surface area contributed by atoms with Crippen molar-refractivity contribution in [2.45, 2.75) is 84.7 Å². The minimum Gasteiger partial charge on any atom is -0.445 e. The molecule has 12 aromatic heterocycles. The van der Waals surface area contributed by atoms with Crippen molar-refractivity contribution in [2.24, 2.45) is 0 Å². The molecule has 1 saturated heterocycles. The van der Waals surface area contributed by atoms with E-state index in [1.54, 1.807) is 121 Å². The number of ether oxygens (including phenoxy) is 1. The van der Waals surface area contributed by atoms with Crippen molar-refractivity contribution in [3.05, 3.63) is 241 Å². The number of hydrogen-bond donors (Lipinski definition) is 5. The number of anilines is 8. The summed E-state index contributed by atoms with van der Waals surface area (Å²) in [5.74, 6) is -0.770. The molecule has 5 N–H and O–H groups in total. The van der Waals surface area contributed by atoms with Crippen LogP contribution in [-0.2, 0) is 11.3 Å². The number of thiophene rings is 4. The number of halogens is 4. The van der Waals surface area contributed by atoms with Gasteiger partial charge in [-0.3, -0.25) is 9.80 Å². The Labute approximate surface area is 708 Å². The molecule has 21 rings (SSSR count). The fourth-order valence-electron chi connectivity index (χ4n) is 15.6. The lowest BCUT2D eigenvalue weighted by Gasteiger charge is -2.23. The highest BCUT2D eigenvalue weighted by molar-refractivity contribution is 7.21. The smallest absolute Gasteiger partial charge is 0.410 e. The number of thiazole rings is 4. The van der Waals surface area contributed by atoms with Crippen LogP contribution < -0.4 is 26.6 Å². The minimum absolute atomic E-state index is 0.137. The fraction of sp³-hybridized carbons (Fsp3) is 0.216. The van der Waals surface area contributed by atoms with Crippen molar-refractivity contribution in [3.8, 4) is 0 Å². The van der Waals surface area contributed by atoms with Crippen LogP contribution in [0.25, 0.3) is 98.5 Å². The summed E-state index contributed by atoms with van der Waals surface area (Å²) < 4.78 is 68.3. The van der Waals surface area contributed by atoms with Gasteiger partial charge >= 0.3 is 6.09 Å². The fourth-order valence-corrected chi connectivity index (χ4v) is 23.0. The molecule has 4 aliphatic rings. The Bertz CT molecular complexity index is 6720. The van der Waals surface area contributed by atoms with Crippen LogP contribution in [-0.4, -0.2) is 124 Å². The van der Waals surface area contributed by atoms with Gasteiger partial charge in [-0.25, -0.2) is 62.2 Å². The number of carbonyl (C=O) groups is 1. The third-order valence-corrected chi connectivity index (χ3v) is 29.8. The molecular weight excluding hydrogens is 1650 g/mol. The molecule has 17 aromatic rings. The van der Waals surface area contributed by atoms with Gasteiger partial charge in [-0.05, 0) is 173 Å². The largest absolute Gasteiger partial charge is 0.445 e. The second-order valence-corrected chi connectivity index (χ2v) is 36.5. The topological polar surface area (TPSA) is 199 Å². The molecule has 0 radical (unpaired) electrons. The predicted molar refractivity (Wildman–Crippen MR) is 485 cm³/mol. The molecule has 0 aliphatic carbocycles. The third-order valence-electron chi connectivity index (χ3n) is 22.1. The van der Waals surface area contributed by atoms with E-state index in [-0.39, 0.29) is 42.0 Å². The first kappa shape index (κ1) is 78.6. The molecule has 16 heterocycles. The molecule has 5 aromatic carbocycles. The number of hydrogen-bond acceptors (Lipinski definition) is 25. The van der Waals surface area contributed by atoms with Gasteiger partial charge in [-0.1, -0.05) is 62.4 Å². The van der Waals surface area contributed by atoms with Crippen molar-refractivity contribution in [3.63, 3.8) is 0 Å². The molecule has 1 amide bonds. The number of amides is 1. The second kappa shape index (κ2) is 34.0. The average molecular weight is 1720 g/mol. The SMILES string of the molecule is CC1C(c2cc3c(Nc4ccc5scnc5c4F)ccnc3s2)=CCN1C(=O)OCc1ccccc1.CC1NCC=C1c1cc2c(Nc3ccc4scnc4c3F)ccnc2s1.CCN1CC=C(c2cc3c(Nc4ccc5scnc5c4F)ccnc3s2)C1C.CCN1CCC(c2cc3c(Nc4ccc5scnc5c4F)ccnc3s2)C1C. The van der Waals surface area contributed by atoms with Crippen LogP contribution in [0.4, 0.5) is 67.9 Å². The first-order chi connectivity index (χ1) is 57.6. The number of likely N-dealkylation sites (tertiary alicyclic amines) is 1. The number of rotatable bonds is 16. The number of nitrogens with zero attached hydrogens (tertiary/aromatic N) is 11. The highest BCUT2D eigenvalue weighted by Crippen LogP contribution is 2.46. The first-order valence-corrected chi connectivity index (χ1v) is 45.4. The van der Waals surface area contributed by atoms with Crippen molar-refractivity contribution in [2.75, 3.05) is 60.5 Å². The van der Waals surface area contributed by atoms with Crippen LogP contribution in [0.3, 0.4) is 0 Å². The predicted octanol–water partition coefficient (Wildman–Crippen LogP) is 24.3. The van der Waals surface area contributed by atoms with E-state index in [4.69, 9.17) is 4.74 Å². The van der Waals surface area contributed by atoms with E-state index in [0.29, 0.717) is 75.4 Å². The zero-order valence-corrected chi connectivity index (χ0v) is 71.1. The zero-order chi connectivity index (χ0) is 80.8. The van der Waals surface area contributed by atoms with Gasteiger partial charge in [0.2, 0.25) is 0 Å². The Morgan fingerprint density at radius 3 is 1.27 bits per heavy atom. The minimum atomic E-state index is -0.369. The van der Waals surface area contributed by atoms with E-state index < -0.39 is 0 Å². The van der Waals surface area contributed by atoms with Gasteiger partial charge in [0.25, 0.3) is 0 Å². The van der Waals surface area contributed by atoms with Gasteiger partial charge in [0.05, 0.1) is 92.4 Å². The molecular formula is C88H76F4N16O2S8. The zero-order valence-electron chi connectivity index (χ0n) is 64.5. The Morgan fingerprint density at radius 2 is 0.864 bits per heavy atom. The summed E-state index contributed by atoms with van der Waals surface area (Å²) in [6.45, 7) is 19.0. The molecule has 118 heavy (non-hydrogen) atoms. The molecule has 5 atom stereocenters. The summed E-state index contributed by atoms with van der Waals surface area (Å²) in [4.78, 5) is 62.7. The van der Waals surface area contributed by atoms with Crippen LogP contribution >= 0.6 is 90.7 Å². The Balaban J connectivity index is 0.000000109. The summed E-state index contributed by atoms with van der Waals surface area (Å²) in [7, 11) is 0. The van der Waals surface area contributed by atoms with Gasteiger partial charge in [0.15, 0.2) is 23.3 Å². The lowest BCUT2D eigenvalue weighted by Crippen LogP contribution is -2.35. The quantitative estimate of drug-likeness (QED) is 0.0572. The monoisotopic (exact) mass is 1720 g/mol. The molecule has 0 bridgehead atoms. The second-order valence-electron chi connectivity index (χ2n) is 28.8. The summed E-state index contributed by atoms with van der Waals surface area (Å²) in [6, 6.07) is 41.6. The molecule has 5 unspecified atom stereocenters. The van der Waals surface area contributed by atoms with E-state index in [0.717, 1.165) is 131 Å². The number of likely N-dealkylation sites (N-methyl/N-ethyl adjacent to an activating group) is 2. The Kier molecular flexibility index (Phi) is 22.6. The number of benzene rings is 5. The third kappa shape index (κ3) is 15.6. The van der Waals surface area contributed by atoms with Gasteiger partial charge < -0.3 is 36.2 Å². The summed E-state index contributed by atoms with van der Waals surface area (Å²) in [5, 5.41) is 20.4. The highest BCUT2D eigenvalue weighted by atomic mass is 32.1. The molecule has 18 nitrogen and oxygen atoms in total. The molecule has 0 saturated carbocycles. The van der Waals surface area contributed by atoms with Gasteiger partial charge in [-0.2, -0.15) is 0 Å². The molecule has 0 spiro atoms. The van der Waals surface area contributed by atoms with Crippen molar-refractivity contribution >= 4 is 241 Å². The number of carbonyl (C=O) groups excluding carboxylic acids is 1. The molecule has 596 valence electrons.